The van der Waals surface area contributed by atoms with Crippen molar-refractivity contribution in [3.05, 3.63) is 0 Å². The second-order valence-electron chi connectivity index (χ2n) is 6.33. The van der Waals surface area contributed by atoms with Crippen LogP contribution in [0.15, 0.2) is 4.99 Å². The Balaban J connectivity index is 2.51. The first-order chi connectivity index (χ1) is 12.6. The number of piperidine rings is 1. The van der Waals surface area contributed by atoms with Crippen molar-refractivity contribution in [2.45, 2.75) is 31.3 Å². The summed E-state index contributed by atoms with van der Waals surface area (Å²) in [5, 5.41) is 6.27. The fourth-order valence-corrected chi connectivity index (χ4v) is 3.58. The van der Waals surface area contributed by atoms with E-state index >= 15 is 0 Å². The molecule has 0 spiro atoms. The van der Waals surface area contributed by atoms with Crippen LogP contribution in [-0.2, 0) is 14.8 Å². The van der Waals surface area contributed by atoms with E-state index in [1.807, 2.05) is 14.0 Å². The van der Waals surface area contributed by atoms with E-state index in [4.69, 9.17) is 4.74 Å². The third-order valence-electron chi connectivity index (χ3n) is 4.20. The summed E-state index contributed by atoms with van der Waals surface area (Å²) in [5.41, 5.74) is -5.25. The molecule has 1 heterocycles. The monoisotopic (exact) mass is 417 g/mol. The van der Waals surface area contributed by atoms with Gasteiger partial charge in [-0.05, 0) is 26.8 Å². The fourth-order valence-electron chi connectivity index (χ4n) is 2.59. The molecule has 1 fully saturated rings. The second-order valence-corrected chi connectivity index (χ2v) is 8.25. The fraction of sp³-hybridized carbons (Fsp3) is 0.933. The molecule has 0 unspecified atom stereocenters. The summed E-state index contributed by atoms with van der Waals surface area (Å²) in [6.45, 7) is 4.95. The minimum atomic E-state index is -5.25. The average molecular weight is 417 g/mol. The Morgan fingerprint density at radius 1 is 1.30 bits per heavy atom. The number of rotatable bonds is 9. The van der Waals surface area contributed by atoms with Gasteiger partial charge in [-0.2, -0.15) is 17.5 Å². The van der Waals surface area contributed by atoms with Crippen molar-refractivity contribution in [3.63, 3.8) is 0 Å². The molecule has 8 nitrogen and oxygen atoms in total. The SMILES string of the molecule is CCNC(=NCCN(C)CCOC)NC1CCN(S(=O)(=O)C(F)(F)F)CC1. The van der Waals surface area contributed by atoms with E-state index in [0.717, 1.165) is 13.1 Å². The predicted molar refractivity (Wildman–Crippen MR) is 98.1 cm³/mol. The van der Waals surface area contributed by atoms with Gasteiger partial charge in [0, 0.05) is 45.9 Å². The number of hydrogen-bond acceptors (Lipinski definition) is 5. The van der Waals surface area contributed by atoms with E-state index in [9.17, 15) is 21.6 Å². The number of nitrogens with one attached hydrogen (secondary N) is 2. The number of nitrogens with zero attached hydrogens (tertiary/aromatic N) is 3. The van der Waals surface area contributed by atoms with Crippen LogP contribution in [0.2, 0.25) is 0 Å². The molecule has 160 valence electrons. The number of hydrogen-bond donors (Lipinski definition) is 2. The van der Waals surface area contributed by atoms with Gasteiger partial charge < -0.3 is 20.3 Å². The van der Waals surface area contributed by atoms with Crippen LogP contribution in [0, 0.1) is 0 Å². The Morgan fingerprint density at radius 2 is 1.93 bits per heavy atom. The van der Waals surface area contributed by atoms with E-state index in [-0.39, 0.29) is 32.0 Å². The van der Waals surface area contributed by atoms with Crippen molar-refractivity contribution in [1.82, 2.24) is 19.8 Å². The van der Waals surface area contributed by atoms with Crippen LogP contribution in [-0.4, -0.2) is 95.2 Å². The number of aliphatic imine (C=N–C) groups is 1. The molecule has 0 bridgehead atoms. The van der Waals surface area contributed by atoms with E-state index in [0.29, 0.717) is 30.0 Å². The Morgan fingerprint density at radius 3 is 2.44 bits per heavy atom. The average Bonchev–Trinajstić information content (AvgIpc) is 2.59. The summed E-state index contributed by atoms with van der Waals surface area (Å²) in [7, 11) is -1.64. The van der Waals surface area contributed by atoms with E-state index in [2.05, 4.69) is 20.5 Å². The van der Waals surface area contributed by atoms with E-state index < -0.39 is 15.5 Å². The summed E-state index contributed by atoms with van der Waals surface area (Å²) in [6, 6.07) is -0.131. The molecule has 0 aromatic carbocycles. The lowest BCUT2D eigenvalue weighted by atomic mass is 10.1. The van der Waals surface area contributed by atoms with E-state index in [1.54, 1.807) is 7.11 Å². The zero-order valence-corrected chi connectivity index (χ0v) is 16.9. The quantitative estimate of drug-likeness (QED) is 0.418. The van der Waals surface area contributed by atoms with Gasteiger partial charge in [-0.3, -0.25) is 4.99 Å². The summed E-state index contributed by atoms with van der Waals surface area (Å²) < 4.78 is 66.3. The highest BCUT2D eigenvalue weighted by Crippen LogP contribution is 2.28. The largest absolute Gasteiger partial charge is 0.511 e. The van der Waals surface area contributed by atoms with Crippen LogP contribution < -0.4 is 10.6 Å². The number of sulfonamides is 1. The summed E-state index contributed by atoms with van der Waals surface area (Å²) in [5.74, 6) is 0.578. The molecular weight excluding hydrogens is 387 g/mol. The second kappa shape index (κ2) is 11.0. The number of likely N-dealkylation sites (N-methyl/N-ethyl adjacent to an activating group) is 1. The molecule has 1 saturated heterocycles. The van der Waals surface area contributed by atoms with Crippen LogP contribution in [0.1, 0.15) is 19.8 Å². The Hall–Kier alpha value is -1.11. The third-order valence-corrected chi connectivity index (χ3v) is 5.83. The maximum Gasteiger partial charge on any atom is 0.511 e. The molecule has 0 aromatic rings. The van der Waals surface area contributed by atoms with Gasteiger partial charge in [-0.15, -0.1) is 0 Å². The van der Waals surface area contributed by atoms with Crippen molar-refractivity contribution in [3.8, 4) is 0 Å². The summed E-state index contributed by atoms with van der Waals surface area (Å²) >= 11 is 0. The van der Waals surface area contributed by atoms with Gasteiger partial charge in [0.2, 0.25) is 0 Å². The van der Waals surface area contributed by atoms with Crippen molar-refractivity contribution in [1.29, 1.82) is 0 Å². The van der Waals surface area contributed by atoms with Gasteiger partial charge in [0.05, 0.1) is 13.2 Å². The van der Waals surface area contributed by atoms with Gasteiger partial charge in [-0.1, -0.05) is 0 Å². The van der Waals surface area contributed by atoms with Gasteiger partial charge in [0.1, 0.15) is 0 Å². The minimum absolute atomic E-state index is 0.131. The highest BCUT2D eigenvalue weighted by atomic mass is 32.2. The first-order valence-electron chi connectivity index (χ1n) is 8.90. The number of halogens is 3. The molecular formula is C15H30F3N5O3S. The lowest BCUT2D eigenvalue weighted by molar-refractivity contribution is -0.0494. The molecule has 0 amide bonds. The molecule has 0 aliphatic carbocycles. The van der Waals surface area contributed by atoms with E-state index in [1.165, 1.54) is 0 Å². The molecule has 0 aromatic heterocycles. The first kappa shape index (κ1) is 23.9. The maximum atomic E-state index is 12.6. The van der Waals surface area contributed by atoms with Gasteiger partial charge in [0.15, 0.2) is 5.96 Å². The molecule has 1 rings (SSSR count). The number of guanidine groups is 1. The zero-order valence-electron chi connectivity index (χ0n) is 16.0. The van der Waals surface area contributed by atoms with Crippen LogP contribution in [0.5, 0.6) is 0 Å². The van der Waals surface area contributed by atoms with Crippen molar-refractivity contribution in [2.75, 3.05) is 60.0 Å². The lowest BCUT2D eigenvalue weighted by Crippen LogP contribution is -2.51. The summed E-state index contributed by atoms with van der Waals surface area (Å²) in [4.78, 5) is 6.54. The molecule has 0 radical (unpaired) electrons. The van der Waals surface area contributed by atoms with Crippen LogP contribution >= 0.6 is 0 Å². The lowest BCUT2D eigenvalue weighted by Gasteiger charge is -2.32. The molecule has 2 N–H and O–H groups in total. The van der Waals surface area contributed by atoms with Crippen molar-refractivity contribution >= 4 is 16.0 Å². The molecule has 0 atom stereocenters. The van der Waals surface area contributed by atoms with Gasteiger partial charge in [-0.25, -0.2) is 8.42 Å². The van der Waals surface area contributed by atoms with Crippen molar-refractivity contribution in [2.24, 2.45) is 4.99 Å². The normalized spacial score (nSPS) is 18.1. The Labute approximate surface area is 159 Å². The maximum absolute atomic E-state index is 12.6. The number of alkyl halides is 3. The zero-order chi connectivity index (χ0) is 20.5. The Bertz CT molecular complexity index is 564. The van der Waals surface area contributed by atoms with Crippen molar-refractivity contribution < 1.29 is 26.3 Å². The first-order valence-corrected chi connectivity index (χ1v) is 10.3. The molecule has 1 aliphatic heterocycles. The highest BCUT2D eigenvalue weighted by Gasteiger charge is 2.50. The van der Waals surface area contributed by atoms with Gasteiger partial charge >= 0.3 is 15.5 Å². The number of methoxy groups -OCH3 is 1. The van der Waals surface area contributed by atoms with Crippen LogP contribution in [0.3, 0.4) is 0 Å². The molecule has 1 aliphatic rings. The topological polar surface area (TPSA) is 86.3 Å². The molecule has 12 heteroatoms. The van der Waals surface area contributed by atoms with Gasteiger partial charge in [0.25, 0.3) is 0 Å². The smallest absolute Gasteiger partial charge is 0.383 e. The van der Waals surface area contributed by atoms with Crippen LogP contribution in [0.4, 0.5) is 13.2 Å². The predicted octanol–water partition coefficient (Wildman–Crippen LogP) is 0.434. The third kappa shape index (κ3) is 7.80. The molecule has 0 saturated carbocycles. The minimum Gasteiger partial charge on any atom is -0.383 e. The van der Waals surface area contributed by atoms with Crippen LogP contribution in [0.25, 0.3) is 0 Å². The standard InChI is InChI=1S/C15H30F3N5O3S/c1-4-19-14(20-7-10-22(2)11-12-26-3)21-13-5-8-23(9-6-13)27(24,25)15(16,17)18/h13H,4-12H2,1-3H3,(H2,19,20,21). The highest BCUT2D eigenvalue weighted by molar-refractivity contribution is 7.90. The Kier molecular flexibility index (Phi) is 9.77. The summed E-state index contributed by atoms with van der Waals surface area (Å²) in [6.07, 6.45) is 0.570. The number of ether oxygens (including phenoxy) is 1. The molecule has 27 heavy (non-hydrogen) atoms.